The maximum Gasteiger partial charge on any atom is 0.123 e. The second kappa shape index (κ2) is 5.64. The van der Waals surface area contributed by atoms with Gasteiger partial charge in [0.1, 0.15) is 9.52 Å². The molecule has 5 heteroatoms. The minimum atomic E-state index is 0.306. The van der Waals surface area contributed by atoms with E-state index in [1.807, 2.05) is 30.3 Å². The molecule has 0 heterocycles. The molecule has 0 nitrogen and oxygen atoms in total. The first-order chi connectivity index (χ1) is 8.09. The lowest BCUT2D eigenvalue weighted by molar-refractivity contribution is 1.73. The van der Waals surface area contributed by atoms with Crippen molar-refractivity contribution in [2.24, 2.45) is 0 Å². The molecule has 0 aliphatic heterocycles. The van der Waals surface area contributed by atoms with Gasteiger partial charge in [0.15, 0.2) is 0 Å². The third kappa shape index (κ3) is 2.98. The van der Waals surface area contributed by atoms with E-state index in [4.69, 9.17) is 46.4 Å². The first-order valence-electron chi connectivity index (χ1n) is 4.74. The van der Waals surface area contributed by atoms with Gasteiger partial charge in [-0.25, -0.2) is 0 Å². The molecule has 0 saturated heterocycles. The van der Waals surface area contributed by atoms with Crippen molar-refractivity contribution in [2.75, 3.05) is 0 Å². The lowest BCUT2D eigenvalue weighted by atomic mass is 10.3. The first kappa shape index (κ1) is 13.3. The second-order valence-corrected chi connectivity index (χ2v) is 6.25. The van der Waals surface area contributed by atoms with Gasteiger partial charge in [-0.2, -0.15) is 0 Å². The summed E-state index contributed by atoms with van der Waals surface area (Å²) in [6, 6.07) is 11.8. The molecule has 2 rings (SSSR count). The van der Waals surface area contributed by atoms with Crippen LogP contribution in [-0.2, 0) is 0 Å². The SMILES string of the molecule is Clc1cc([Si]c2ccccc2)c(Cl)c(Cl)c1Cl. The molecule has 0 fully saturated rings. The summed E-state index contributed by atoms with van der Waals surface area (Å²) in [7, 11) is 0.405. The quantitative estimate of drug-likeness (QED) is 0.446. The van der Waals surface area contributed by atoms with E-state index in [1.54, 1.807) is 6.07 Å². The highest BCUT2D eigenvalue weighted by Crippen LogP contribution is 2.33. The number of halogens is 4. The molecule has 86 valence electrons. The van der Waals surface area contributed by atoms with Crippen molar-refractivity contribution in [3.05, 3.63) is 56.5 Å². The summed E-state index contributed by atoms with van der Waals surface area (Å²) in [5.41, 5.74) is 0. The maximum atomic E-state index is 6.15. The zero-order valence-corrected chi connectivity index (χ0v) is 12.5. The summed E-state index contributed by atoms with van der Waals surface area (Å²) in [5.74, 6) is 0. The van der Waals surface area contributed by atoms with Crippen LogP contribution in [0.3, 0.4) is 0 Å². The van der Waals surface area contributed by atoms with E-state index in [-0.39, 0.29) is 0 Å². The Morgan fingerprint density at radius 3 is 2.06 bits per heavy atom. The van der Waals surface area contributed by atoms with E-state index < -0.39 is 0 Å². The van der Waals surface area contributed by atoms with Gasteiger partial charge in [0.2, 0.25) is 0 Å². The Morgan fingerprint density at radius 1 is 0.765 bits per heavy atom. The summed E-state index contributed by atoms with van der Waals surface area (Å²) in [5, 5.41) is 3.60. The smallest absolute Gasteiger partial charge is 0.0828 e. The van der Waals surface area contributed by atoms with Crippen molar-refractivity contribution in [3.8, 4) is 0 Å². The molecule has 0 amide bonds. The van der Waals surface area contributed by atoms with E-state index in [0.29, 0.717) is 29.6 Å². The highest BCUT2D eigenvalue weighted by molar-refractivity contribution is 6.71. The Morgan fingerprint density at radius 2 is 1.41 bits per heavy atom. The average Bonchev–Trinajstić information content (AvgIpc) is 2.35. The molecule has 2 aromatic carbocycles. The maximum absolute atomic E-state index is 6.15. The Kier molecular flexibility index (Phi) is 4.40. The number of rotatable bonds is 2. The first-order valence-corrected chi connectivity index (χ1v) is 7.26. The fraction of sp³-hybridized carbons (Fsp3) is 0. The van der Waals surface area contributed by atoms with Gasteiger partial charge < -0.3 is 0 Å². The second-order valence-electron chi connectivity index (χ2n) is 3.34. The van der Waals surface area contributed by atoms with Crippen molar-refractivity contribution in [1.29, 1.82) is 0 Å². The van der Waals surface area contributed by atoms with Crippen molar-refractivity contribution < 1.29 is 0 Å². The van der Waals surface area contributed by atoms with E-state index in [0.717, 1.165) is 5.19 Å². The Balaban J connectivity index is 2.41. The lowest BCUT2D eigenvalue weighted by Crippen LogP contribution is -2.27. The minimum absolute atomic E-state index is 0.306. The van der Waals surface area contributed by atoms with Gasteiger partial charge in [-0.15, -0.1) is 0 Å². The molecule has 17 heavy (non-hydrogen) atoms. The van der Waals surface area contributed by atoms with Gasteiger partial charge in [-0.3, -0.25) is 0 Å². The van der Waals surface area contributed by atoms with Gasteiger partial charge in [-0.05, 0) is 11.3 Å². The zero-order chi connectivity index (χ0) is 12.4. The van der Waals surface area contributed by atoms with E-state index >= 15 is 0 Å². The van der Waals surface area contributed by atoms with Crippen LogP contribution in [0.15, 0.2) is 36.4 Å². The molecule has 0 atom stereocenters. The van der Waals surface area contributed by atoms with Crippen LogP contribution in [0.25, 0.3) is 0 Å². The van der Waals surface area contributed by atoms with Gasteiger partial charge in [-0.1, -0.05) is 81.9 Å². The van der Waals surface area contributed by atoms with Crippen molar-refractivity contribution in [3.63, 3.8) is 0 Å². The highest BCUT2D eigenvalue weighted by Gasteiger charge is 2.13. The molecule has 0 aliphatic carbocycles. The van der Waals surface area contributed by atoms with Crippen LogP contribution in [0.1, 0.15) is 0 Å². The van der Waals surface area contributed by atoms with Crippen LogP contribution >= 0.6 is 46.4 Å². The third-order valence-corrected chi connectivity index (χ3v) is 5.35. The standard InChI is InChI=1S/C12H6Cl4Si/c13-8-6-9(11(15)12(16)10(8)14)17-7-4-2-1-3-5-7/h1-6H. The van der Waals surface area contributed by atoms with Gasteiger partial charge in [0.05, 0.1) is 20.1 Å². The number of hydrogen-bond donors (Lipinski definition) is 0. The van der Waals surface area contributed by atoms with Gasteiger partial charge in [0, 0.05) is 0 Å². The van der Waals surface area contributed by atoms with Gasteiger partial charge >= 0.3 is 0 Å². The Bertz CT molecular complexity index is 540. The van der Waals surface area contributed by atoms with Crippen LogP contribution < -0.4 is 10.4 Å². The predicted octanol–water partition coefficient (Wildman–Crippen LogP) is 3.96. The lowest BCUT2D eigenvalue weighted by Gasteiger charge is -2.08. The fourth-order valence-electron chi connectivity index (χ4n) is 1.34. The Hall–Kier alpha value is -0.183. The van der Waals surface area contributed by atoms with Crippen LogP contribution in [0, 0.1) is 0 Å². The van der Waals surface area contributed by atoms with Crippen molar-refractivity contribution in [2.45, 2.75) is 0 Å². The van der Waals surface area contributed by atoms with Crippen LogP contribution in [0.4, 0.5) is 0 Å². The molecular formula is C12H6Cl4Si. The molecular weight excluding hydrogens is 314 g/mol. The van der Waals surface area contributed by atoms with Crippen molar-refractivity contribution in [1.82, 2.24) is 0 Å². The molecule has 0 aromatic heterocycles. The van der Waals surface area contributed by atoms with Crippen LogP contribution in [-0.4, -0.2) is 9.52 Å². The summed E-state index contributed by atoms with van der Waals surface area (Å²) in [6.07, 6.45) is 0. The molecule has 2 radical (unpaired) electrons. The monoisotopic (exact) mass is 318 g/mol. The summed E-state index contributed by atoms with van der Waals surface area (Å²) in [6.45, 7) is 0. The third-order valence-electron chi connectivity index (χ3n) is 2.16. The van der Waals surface area contributed by atoms with Crippen LogP contribution in [0.5, 0.6) is 0 Å². The molecule has 0 bridgehead atoms. The van der Waals surface area contributed by atoms with E-state index in [1.165, 1.54) is 5.19 Å². The molecule has 0 N–H and O–H groups in total. The van der Waals surface area contributed by atoms with E-state index in [2.05, 4.69) is 0 Å². The summed E-state index contributed by atoms with van der Waals surface area (Å²) < 4.78 is 0. The Labute approximate surface area is 122 Å². The molecule has 2 aromatic rings. The van der Waals surface area contributed by atoms with Gasteiger partial charge in [0.25, 0.3) is 0 Å². The molecule has 0 aliphatic rings. The molecule has 0 unspecified atom stereocenters. The topological polar surface area (TPSA) is 0 Å². The number of hydrogen-bond acceptors (Lipinski definition) is 0. The largest absolute Gasteiger partial charge is 0.123 e. The summed E-state index contributed by atoms with van der Waals surface area (Å²) >= 11 is 24.1. The van der Waals surface area contributed by atoms with Crippen molar-refractivity contribution >= 4 is 66.3 Å². The zero-order valence-electron chi connectivity index (χ0n) is 8.48. The highest BCUT2D eigenvalue weighted by atomic mass is 35.5. The molecule has 0 saturated carbocycles. The summed E-state index contributed by atoms with van der Waals surface area (Å²) in [4.78, 5) is 0. The number of benzene rings is 2. The minimum Gasteiger partial charge on any atom is -0.0828 e. The predicted molar refractivity (Wildman–Crippen MR) is 77.9 cm³/mol. The van der Waals surface area contributed by atoms with Crippen LogP contribution in [0.2, 0.25) is 20.1 Å². The normalized spacial score (nSPS) is 10.6. The van der Waals surface area contributed by atoms with E-state index in [9.17, 15) is 0 Å². The molecule has 0 spiro atoms. The fourth-order valence-corrected chi connectivity index (χ4v) is 3.58. The average molecular weight is 320 g/mol.